The molecule has 0 radical (unpaired) electrons. The molecule has 1 aromatic heterocycles. The number of pyridine rings is 1. The molecule has 0 aliphatic heterocycles. The first-order valence-corrected chi connectivity index (χ1v) is 5.27. The lowest BCUT2D eigenvalue weighted by Crippen LogP contribution is -1.92. The number of aryl methyl sites for hydroxylation is 1. The van der Waals surface area contributed by atoms with Crippen molar-refractivity contribution < 1.29 is 10.0 Å². The third-order valence-corrected chi connectivity index (χ3v) is 2.51. The van der Waals surface area contributed by atoms with Crippen molar-refractivity contribution in [2.24, 2.45) is 0 Å². The smallest absolute Gasteiger partial charge is 0.270 e. The number of aliphatic hydroxyl groups is 1. The molecule has 0 bridgehead atoms. The maximum Gasteiger partial charge on any atom is 0.270 e. The van der Waals surface area contributed by atoms with E-state index in [1.807, 2.05) is 6.92 Å². The zero-order valence-corrected chi connectivity index (χ0v) is 9.67. The molecule has 0 saturated carbocycles. The molecule has 1 N–H and O–H groups in total. The number of rotatable bonds is 1. The van der Waals surface area contributed by atoms with Gasteiger partial charge in [-0.15, -0.1) is 0 Å². The summed E-state index contributed by atoms with van der Waals surface area (Å²) in [6, 6.07) is 6.26. The third kappa shape index (κ3) is 2.29. The van der Waals surface area contributed by atoms with Crippen LogP contribution in [0.3, 0.4) is 0 Å². The first-order chi connectivity index (χ1) is 8.61. The molecule has 0 atom stereocenters. The Morgan fingerprint density at radius 1 is 1.44 bits per heavy atom. The Kier molecular flexibility index (Phi) is 3.22. The Morgan fingerprint density at radius 2 is 2.22 bits per heavy atom. The lowest BCUT2D eigenvalue weighted by atomic mass is 10.1. The van der Waals surface area contributed by atoms with Gasteiger partial charge < -0.3 is 5.11 Å². The van der Waals surface area contributed by atoms with E-state index in [9.17, 15) is 10.1 Å². The van der Waals surface area contributed by atoms with Crippen LogP contribution in [0.25, 0.3) is 10.9 Å². The lowest BCUT2D eigenvalue weighted by molar-refractivity contribution is -0.384. The van der Waals surface area contributed by atoms with Gasteiger partial charge in [0.25, 0.3) is 5.69 Å². The second-order valence-electron chi connectivity index (χ2n) is 3.74. The summed E-state index contributed by atoms with van der Waals surface area (Å²) in [6.07, 6.45) is 0. The lowest BCUT2D eigenvalue weighted by Gasteiger charge is -2.02. The molecule has 5 heteroatoms. The van der Waals surface area contributed by atoms with E-state index < -0.39 is 4.92 Å². The Morgan fingerprint density at radius 3 is 2.89 bits per heavy atom. The minimum Gasteiger partial charge on any atom is -0.384 e. The van der Waals surface area contributed by atoms with E-state index >= 15 is 0 Å². The minimum absolute atomic E-state index is 0.0431. The van der Waals surface area contributed by atoms with E-state index in [1.54, 1.807) is 12.1 Å². The molecule has 2 rings (SSSR count). The van der Waals surface area contributed by atoms with E-state index in [-0.39, 0.29) is 12.3 Å². The molecule has 1 aromatic carbocycles. The summed E-state index contributed by atoms with van der Waals surface area (Å²) in [5, 5.41) is 20.1. The van der Waals surface area contributed by atoms with Gasteiger partial charge in [-0.25, -0.2) is 4.98 Å². The summed E-state index contributed by atoms with van der Waals surface area (Å²) in [7, 11) is 0. The predicted molar refractivity (Wildman–Crippen MR) is 67.1 cm³/mol. The Hall–Kier alpha value is -2.45. The van der Waals surface area contributed by atoms with Crippen LogP contribution in [0.4, 0.5) is 5.69 Å². The Bertz CT molecular complexity index is 684. The van der Waals surface area contributed by atoms with E-state index in [0.29, 0.717) is 11.2 Å². The molecule has 0 unspecified atom stereocenters. The van der Waals surface area contributed by atoms with E-state index in [1.165, 1.54) is 12.1 Å². The van der Waals surface area contributed by atoms with Gasteiger partial charge in [0.2, 0.25) is 0 Å². The van der Waals surface area contributed by atoms with Crippen LogP contribution in [0.1, 0.15) is 11.3 Å². The first-order valence-electron chi connectivity index (χ1n) is 5.27. The van der Waals surface area contributed by atoms with Crippen LogP contribution >= 0.6 is 0 Å². The summed E-state index contributed by atoms with van der Waals surface area (Å²) >= 11 is 0. The molecule has 0 amide bonds. The number of nitrogens with zero attached hydrogens (tertiary/aromatic N) is 2. The van der Waals surface area contributed by atoms with Crippen LogP contribution in [-0.2, 0) is 0 Å². The monoisotopic (exact) mass is 242 g/mol. The number of nitro groups is 1. The molecule has 90 valence electrons. The fourth-order valence-corrected chi connectivity index (χ4v) is 1.69. The average molecular weight is 242 g/mol. The highest BCUT2D eigenvalue weighted by Crippen LogP contribution is 2.22. The molecule has 0 aliphatic rings. The zero-order chi connectivity index (χ0) is 13.1. The molecule has 0 saturated heterocycles. The van der Waals surface area contributed by atoms with Gasteiger partial charge in [0, 0.05) is 17.5 Å². The number of benzene rings is 1. The van der Waals surface area contributed by atoms with Gasteiger partial charge in [0.1, 0.15) is 12.3 Å². The van der Waals surface area contributed by atoms with Crippen LogP contribution in [0, 0.1) is 28.9 Å². The van der Waals surface area contributed by atoms with Crippen LogP contribution in [0.5, 0.6) is 0 Å². The molecule has 5 nitrogen and oxygen atoms in total. The highest BCUT2D eigenvalue weighted by Gasteiger charge is 2.09. The molecule has 0 fully saturated rings. The largest absolute Gasteiger partial charge is 0.384 e. The summed E-state index contributed by atoms with van der Waals surface area (Å²) in [4.78, 5) is 14.5. The van der Waals surface area contributed by atoms with Gasteiger partial charge in [-0.3, -0.25) is 10.1 Å². The van der Waals surface area contributed by atoms with Crippen molar-refractivity contribution in [1.29, 1.82) is 0 Å². The summed E-state index contributed by atoms with van der Waals surface area (Å²) in [6.45, 7) is 1.62. The zero-order valence-electron chi connectivity index (χ0n) is 9.67. The summed E-state index contributed by atoms with van der Waals surface area (Å²) in [5.74, 6) is 5.24. The van der Waals surface area contributed by atoms with Crippen molar-refractivity contribution in [3.05, 3.63) is 45.6 Å². The van der Waals surface area contributed by atoms with Gasteiger partial charge in [-0.1, -0.05) is 5.92 Å². The number of hydrogen-bond acceptors (Lipinski definition) is 4. The maximum atomic E-state index is 10.7. The van der Waals surface area contributed by atoms with E-state index in [2.05, 4.69) is 16.8 Å². The van der Waals surface area contributed by atoms with E-state index in [0.717, 1.165) is 10.9 Å². The fraction of sp³-hybridized carbons (Fsp3) is 0.154. The second kappa shape index (κ2) is 4.82. The number of fused-ring (bicyclic) bond motifs is 1. The van der Waals surface area contributed by atoms with Gasteiger partial charge in [-0.2, -0.15) is 0 Å². The molecular weight excluding hydrogens is 232 g/mol. The standard InChI is InChI=1S/C13H10N2O3/c1-9-7-10(3-2-6-16)14-13-5-4-11(15(17)18)8-12(9)13/h4-5,7-8,16H,6H2,1H3. The van der Waals surface area contributed by atoms with Crippen LogP contribution < -0.4 is 0 Å². The maximum absolute atomic E-state index is 10.7. The van der Waals surface area contributed by atoms with Crippen molar-refractivity contribution >= 4 is 16.6 Å². The highest BCUT2D eigenvalue weighted by atomic mass is 16.6. The summed E-state index contributed by atoms with van der Waals surface area (Å²) < 4.78 is 0. The Labute approximate surface area is 103 Å². The Balaban J connectivity index is 2.62. The number of non-ortho nitro benzene ring substituents is 1. The normalized spacial score (nSPS) is 9.89. The SMILES string of the molecule is Cc1cc(C#CCO)nc2ccc([N+](=O)[O-])cc12. The van der Waals surface area contributed by atoms with Gasteiger partial charge in [0.15, 0.2) is 0 Å². The molecule has 0 aliphatic carbocycles. The van der Waals surface area contributed by atoms with Crippen molar-refractivity contribution in [2.45, 2.75) is 6.92 Å². The molecule has 2 aromatic rings. The van der Waals surface area contributed by atoms with Gasteiger partial charge in [-0.05, 0) is 30.5 Å². The van der Waals surface area contributed by atoms with Crippen molar-refractivity contribution in [1.82, 2.24) is 4.98 Å². The molecular formula is C13H10N2O3. The van der Waals surface area contributed by atoms with Crippen molar-refractivity contribution in [3.8, 4) is 11.8 Å². The molecule has 18 heavy (non-hydrogen) atoms. The summed E-state index contributed by atoms with van der Waals surface area (Å²) in [5.41, 5.74) is 2.11. The fourth-order valence-electron chi connectivity index (χ4n) is 1.69. The van der Waals surface area contributed by atoms with E-state index in [4.69, 9.17) is 5.11 Å². The van der Waals surface area contributed by atoms with Gasteiger partial charge >= 0.3 is 0 Å². The highest BCUT2D eigenvalue weighted by molar-refractivity contribution is 5.84. The quantitative estimate of drug-likeness (QED) is 0.470. The number of aliphatic hydroxyl groups excluding tert-OH is 1. The molecule has 1 heterocycles. The van der Waals surface area contributed by atoms with Crippen LogP contribution in [-0.4, -0.2) is 21.6 Å². The van der Waals surface area contributed by atoms with Gasteiger partial charge in [0.05, 0.1) is 10.4 Å². The first kappa shape index (κ1) is 12.0. The number of nitro benzene ring substituents is 1. The third-order valence-electron chi connectivity index (χ3n) is 2.51. The van der Waals surface area contributed by atoms with Crippen LogP contribution in [0.15, 0.2) is 24.3 Å². The number of hydrogen-bond donors (Lipinski definition) is 1. The second-order valence-corrected chi connectivity index (χ2v) is 3.74. The van der Waals surface area contributed by atoms with Crippen LogP contribution in [0.2, 0.25) is 0 Å². The topological polar surface area (TPSA) is 76.3 Å². The minimum atomic E-state index is -0.432. The average Bonchev–Trinajstić information content (AvgIpc) is 2.36. The van der Waals surface area contributed by atoms with Crippen molar-refractivity contribution in [2.75, 3.05) is 6.61 Å². The number of aromatic nitrogens is 1. The van der Waals surface area contributed by atoms with Crippen molar-refractivity contribution in [3.63, 3.8) is 0 Å². The predicted octanol–water partition coefficient (Wildman–Crippen LogP) is 1.80. The molecule has 0 spiro atoms.